The number of benzene rings is 1. The number of fused-ring (bicyclic) bond motifs is 1. The highest BCUT2D eigenvalue weighted by Gasteiger charge is 2.28. The van der Waals surface area contributed by atoms with Gasteiger partial charge in [-0.3, -0.25) is 9.78 Å². The molecule has 0 saturated carbocycles. The molecule has 3 heterocycles. The van der Waals surface area contributed by atoms with Gasteiger partial charge in [0.15, 0.2) is 0 Å². The van der Waals surface area contributed by atoms with E-state index >= 15 is 0 Å². The number of hydrogen-bond donors (Lipinski definition) is 2. The number of para-hydroxylation sites is 1. The summed E-state index contributed by atoms with van der Waals surface area (Å²) in [5.41, 5.74) is 9.74. The molecule has 6 heteroatoms. The molecule has 3 aromatic rings. The Hall–Kier alpha value is -2.86. The number of carbonyl (C=O) groups excluding carboxylic acids is 1. The highest BCUT2D eigenvalue weighted by atomic mass is 16.5. The molecule has 1 saturated heterocycles. The molecule has 0 radical (unpaired) electrons. The van der Waals surface area contributed by atoms with E-state index in [-0.39, 0.29) is 12.0 Å². The summed E-state index contributed by atoms with van der Waals surface area (Å²) < 4.78 is 5.83. The number of aromatic amines is 1. The molecule has 2 aromatic heterocycles. The summed E-state index contributed by atoms with van der Waals surface area (Å²) in [7, 11) is 0. The molecule has 0 aliphatic carbocycles. The number of pyridine rings is 1. The summed E-state index contributed by atoms with van der Waals surface area (Å²) in [5, 5.41) is 1.03. The maximum atomic E-state index is 12.9. The monoisotopic (exact) mass is 336 g/mol. The topological polar surface area (TPSA) is 84.2 Å². The Labute approximate surface area is 145 Å². The van der Waals surface area contributed by atoms with Crippen molar-refractivity contribution in [2.45, 2.75) is 13.0 Å². The molecule has 1 atom stereocenters. The Morgan fingerprint density at radius 3 is 2.96 bits per heavy atom. The summed E-state index contributed by atoms with van der Waals surface area (Å²) in [4.78, 5) is 22.4. The van der Waals surface area contributed by atoms with Crippen LogP contribution in [-0.4, -0.2) is 40.5 Å². The third-order valence-corrected chi connectivity index (χ3v) is 4.44. The maximum absolute atomic E-state index is 12.9. The van der Waals surface area contributed by atoms with Gasteiger partial charge in [-0.25, -0.2) is 0 Å². The van der Waals surface area contributed by atoms with E-state index in [1.165, 1.54) is 0 Å². The van der Waals surface area contributed by atoms with E-state index in [1.54, 1.807) is 4.90 Å². The number of H-pyrrole nitrogens is 1. The van der Waals surface area contributed by atoms with E-state index in [2.05, 4.69) is 9.97 Å². The fourth-order valence-corrected chi connectivity index (χ4v) is 3.26. The lowest BCUT2D eigenvalue weighted by Crippen LogP contribution is -2.42. The van der Waals surface area contributed by atoms with Gasteiger partial charge in [0.1, 0.15) is 11.8 Å². The van der Waals surface area contributed by atoms with Crippen molar-refractivity contribution >= 4 is 22.5 Å². The van der Waals surface area contributed by atoms with E-state index in [1.807, 2.05) is 49.4 Å². The molecule has 1 unspecified atom stereocenters. The third kappa shape index (κ3) is 3.08. The molecule has 1 fully saturated rings. The lowest BCUT2D eigenvalue weighted by atomic mass is 10.1. The quantitative estimate of drug-likeness (QED) is 0.753. The van der Waals surface area contributed by atoms with Crippen molar-refractivity contribution in [1.82, 2.24) is 14.9 Å². The van der Waals surface area contributed by atoms with Crippen LogP contribution in [0.2, 0.25) is 0 Å². The second kappa shape index (κ2) is 6.22. The highest BCUT2D eigenvalue weighted by Crippen LogP contribution is 2.24. The number of carbonyl (C=O) groups is 1. The molecule has 0 bridgehead atoms. The number of hydrogen-bond acceptors (Lipinski definition) is 4. The van der Waals surface area contributed by atoms with Gasteiger partial charge < -0.3 is 20.4 Å². The van der Waals surface area contributed by atoms with Crippen LogP contribution in [0.25, 0.3) is 10.9 Å². The molecule has 1 aromatic carbocycles. The Morgan fingerprint density at radius 1 is 1.32 bits per heavy atom. The van der Waals surface area contributed by atoms with Crippen LogP contribution in [0.15, 0.2) is 42.5 Å². The molecule has 25 heavy (non-hydrogen) atoms. The lowest BCUT2D eigenvalue weighted by molar-refractivity contribution is -0.0249. The first-order valence-electron chi connectivity index (χ1n) is 8.33. The zero-order valence-electron chi connectivity index (χ0n) is 14.0. The smallest absolute Gasteiger partial charge is 0.270 e. The maximum Gasteiger partial charge on any atom is 0.270 e. The van der Waals surface area contributed by atoms with Crippen molar-refractivity contribution in [2.24, 2.45) is 0 Å². The van der Waals surface area contributed by atoms with Crippen molar-refractivity contribution in [3.63, 3.8) is 0 Å². The van der Waals surface area contributed by atoms with E-state index in [4.69, 9.17) is 10.5 Å². The van der Waals surface area contributed by atoms with Crippen LogP contribution in [0, 0.1) is 6.92 Å². The SMILES string of the molecule is Cc1cc(N)cc(C2CN(C(=O)c3cc4ccccc4[nH]3)CCO2)n1. The molecule has 1 aliphatic heterocycles. The van der Waals surface area contributed by atoms with Crippen molar-refractivity contribution in [1.29, 1.82) is 0 Å². The molecule has 0 spiro atoms. The minimum atomic E-state index is -0.260. The first kappa shape index (κ1) is 15.7. The Bertz CT molecular complexity index is 881. The lowest BCUT2D eigenvalue weighted by Gasteiger charge is -2.32. The molecular weight excluding hydrogens is 316 g/mol. The van der Waals surface area contributed by atoms with E-state index < -0.39 is 0 Å². The predicted octanol–water partition coefficient (Wildman–Crippen LogP) is 2.67. The average Bonchev–Trinajstić information content (AvgIpc) is 3.04. The summed E-state index contributed by atoms with van der Waals surface area (Å²) in [6, 6.07) is 13.4. The van der Waals surface area contributed by atoms with E-state index in [0.717, 1.165) is 22.3 Å². The molecule has 128 valence electrons. The minimum absolute atomic E-state index is 0.0230. The van der Waals surface area contributed by atoms with Crippen LogP contribution >= 0.6 is 0 Å². The number of aryl methyl sites for hydroxylation is 1. The summed E-state index contributed by atoms with van der Waals surface area (Å²) in [6.45, 7) is 3.40. The molecular formula is C19H20N4O2. The van der Waals surface area contributed by atoms with E-state index in [9.17, 15) is 4.79 Å². The number of morpholine rings is 1. The van der Waals surface area contributed by atoms with Gasteiger partial charge in [-0.15, -0.1) is 0 Å². The van der Waals surface area contributed by atoms with Gasteiger partial charge in [0, 0.05) is 28.8 Å². The number of ether oxygens (including phenoxy) is 1. The molecule has 6 nitrogen and oxygen atoms in total. The number of nitrogens with two attached hydrogens (primary N) is 1. The number of aromatic nitrogens is 2. The number of nitrogens with one attached hydrogen (secondary N) is 1. The summed E-state index contributed by atoms with van der Waals surface area (Å²) in [5.74, 6) is -0.0230. The van der Waals surface area contributed by atoms with Crippen molar-refractivity contribution in [2.75, 3.05) is 25.4 Å². The van der Waals surface area contributed by atoms with Gasteiger partial charge in [0.2, 0.25) is 0 Å². The predicted molar refractivity (Wildman–Crippen MR) is 96.3 cm³/mol. The molecule has 4 rings (SSSR count). The number of amides is 1. The second-order valence-corrected chi connectivity index (χ2v) is 6.35. The average molecular weight is 336 g/mol. The number of rotatable bonds is 2. The van der Waals surface area contributed by atoms with Crippen molar-refractivity contribution in [3.8, 4) is 0 Å². The van der Waals surface area contributed by atoms with E-state index in [0.29, 0.717) is 31.1 Å². The van der Waals surface area contributed by atoms with Crippen LogP contribution in [0.3, 0.4) is 0 Å². The van der Waals surface area contributed by atoms with Gasteiger partial charge in [-0.2, -0.15) is 0 Å². The van der Waals surface area contributed by atoms with Crippen molar-refractivity contribution < 1.29 is 9.53 Å². The summed E-state index contributed by atoms with van der Waals surface area (Å²) >= 11 is 0. The Balaban J connectivity index is 1.57. The number of nitrogen functional groups attached to an aromatic ring is 1. The number of nitrogens with zero attached hydrogens (tertiary/aromatic N) is 2. The normalized spacial score (nSPS) is 17.8. The van der Waals surface area contributed by atoms with Crippen LogP contribution in [0.5, 0.6) is 0 Å². The van der Waals surface area contributed by atoms with Crippen LogP contribution in [0.1, 0.15) is 28.0 Å². The van der Waals surface area contributed by atoms with Gasteiger partial charge in [-0.05, 0) is 31.2 Å². The second-order valence-electron chi connectivity index (χ2n) is 6.35. The zero-order valence-corrected chi connectivity index (χ0v) is 14.0. The zero-order chi connectivity index (χ0) is 17.4. The van der Waals surface area contributed by atoms with Crippen LogP contribution in [0.4, 0.5) is 5.69 Å². The third-order valence-electron chi connectivity index (χ3n) is 4.44. The Morgan fingerprint density at radius 2 is 2.16 bits per heavy atom. The van der Waals surface area contributed by atoms with Gasteiger partial charge in [0.25, 0.3) is 5.91 Å². The number of anilines is 1. The Kier molecular flexibility index (Phi) is 3.89. The molecule has 3 N–H and O–H groups in total. The first-order valence-corrected chi connectivity index (χ1v) is 8.33. The van der Waals surface area contributed by atoms with Gasteiger partial charge in [-0.1, -0.05) is 18.2 Å². The van der Waals surface area contributed by atoms with Crippen molar-refractivity contribution in [3.05, 3.63) is 59.5 Å². The standard InChI is InChI=1S/C19H20N4O2/c1-12-8-14(20)10-16(21-12)18-11-23(6-7-25-18)19(24)17-9-13-4-2-3-5-15(13)22-17/h2-5,8-10,18,22H,6-7,11H2,1H3,(H2,20,21). The van der Waals surface area contributed by atoms with Crippen LogP contribution < -0.4 is 5.73 Å². The van der Waals surface area contributed by atoms with Gasteiger partial charge in [0.05, 0.1) is 18.8 Å². The molecule has 1 aliphatic rings. The largest absolute Gasteiger partial charge is 0.399 e. The first-order chi connectivity index (χ1) is 12.1. The van der Waals surface area contributed by atoms with Gasteiger partial charge >= 0.3 is 0 Å². The highest BCUT2D eigenvalue weighted by molar-refractivity contribution is 5.98. The summed E-state index contributed by atoms with van der Waals surface area (Å²) in [6.07, 6.45) is -0.260. The van der Waals surface area contributed by atoms with Crippen LogP contribution in [-0.2, 0) is 4.74 Å². The fraction of sp³-hybridized carbons (Fsp3) is 0.263. The minimum Gasteiger partial charge on any atom is -0.399 e. The fourth-order valence-electron chi connectivity index (χ4n) is 3.26. The molecule has 1 amide bonds.